The molecule has 1 saturated carbocycles. The molecule has 0 aromatic carbocycles. The molecule has 0 bridgehead atoms. The van der Waals surface area contributed by atoms with Gasteiger partial charge >= 0.3 is 0 Å². The highest BCUT2D eigenvalue weighted by atomic mass is 16.5. The normalized spacial score (nSPS) is 21.3. The Hall–Kier alpha value is -3.95. The summed E-state index contributed by atoms with van der Waals surface area (Å²) in [6.45, 7) is 5.31. The Morgan fingerprint density at radius 2 is 1.93 bits per heavy atom. The molecule has 5 heterocycles. The molecule has 0 spiro atoms. The number of carbonyl (C=O) groups excluding carboxylic acids is 1. The minimum absolute atomic E-state index is 0.165. The highest BCUT2D eigenvalue weighted by molar-refractivity contribution is 5.96. The predicted octanol–water partition coefficient (Wildman–Crippen LogP) is 1.01. The SMILES string of the molecule is COCCN1CCN(c2nc(Nc3cc(C4CC4)n[nH]3)nc(N3C[C@@H](OC)C[C@H]3C(=O)Nc3cnccn3)n2)CC1. The van der Waals surface area contributed by atoms with Crippen molar-refractivity contribution in [3.8, 4) is 0 Å². The van der Waals surface area contributed by atoms with Crippen molar-refractivity contribution in [2.75, 3.05) is 80.5 Å². The van der Waals surface area contributed by atoms with E-state index in [-0.39, 0.29) is 12.0 Å². The van der Waals surface area contributed by atoms with Crippen LogP contribution in [0.4, 0.5) is 29.5 Å². The van der Waals surface area contributed by atoms with Crippen LogP contribution in [0.5, 0.6) is 0 Å². The van der Waals surface area contributed by atoms with E-state index >= 15 is 0 Å². The summed E-state index contributed by atoms with van der Waals surface area (Å²) in [5.74, 6) is 2.73. The first kappa shape index (κ1) is 27.2. The van der Waals surface area contributed by atoms with Crippen LogP contribution in [0.2, 0.25) is 0 Å². The number of aromatic nitrogens is 7. The van der Waals surface area contributed by atoms with Gasteiger partial charge in [0, 0.05) is 84.3 Å². The summed E-state index contributed by atoms with van der Waals surface area (Å²) in [6.07, 6.45) is 7.25. The summed E-state index contributed by atoms with van der Waals surface area (Å²) >= 11 is 0. The van der Waals surface area contributed by atoms with E-state index in [1.165, 1.54) is 12.4 Å². The van der Waals surface area contributed by atoms with Crippen LogP contribution >= 0.6 is 0 Å². The van der Waals surface area contributed by atoms with Crippen LogP contribution < -0.4 is 20.4 Å². The Morgan fingerprint density at radius 3 is 2.66 bits per heavy atom. The largest absolute Gasteiger partial charge is 0.383 e. The van der Waals surface area contributed by atoms with Gasteiger partial charge in [-0.15, -0.1) is 0 Å². The van der Waals surface area contributed by atoms with E-state index in [2.05, 4.69) is 40.6 Å². The molecule has 15 nitrogen and oxygen atoms in total. The molecule has 3 aromatic heterocycles. The maximum atomic E-state index is 13.4. The van der Waals surface area contributed by atoms with Crippen molar-refractivity contribution in [2.24, 2.45) is 0 Å². The average molecular weight is 565 g/mol. The molecule has 1 aliphatic carbocycles. The first-order valence-corrected chi connectivity index (χ1v) is 14.0. The molecule has 3 fully saturated rings. The van der Waals surface area contributed by atoms with E-state index in [0.717, 1.165) is 51.3 Å². The molecule has 2 saturated heterocycles. The topological polar surface area (TPSA) is 162 Å². The number of methoxy groups -OCH3 is 2. The summed E-state index contributed by atoms with van der Waals surface area (Å²) in [5, 5.41) is 13.6. The van der Waals surface area contributed by atoms with Crippen molar-refractivity contribution in [3.63, 3.8) is 0 Å². The van der Waals surface area contributed by atoms with Gasteiger partial charge in [-0.25, -0.2) is 4.98 Å². The fourth-order valence-electron chi connectivity index (χ4n) is 5.19. The fraction of sp³-hybridized carbons (Fsp3) is 0.577. The third kappa shape index (κ3) is 6.52. The number of nitrogens with one attached hydrogen (secondary N) is 3. The molecule has 0 radical (unpaired) electrons. The molecule has 1 amide bonds. The minimum atomic E-state index is -0.565. The number of amides is 1. The molecule has 6 rings (SSSR count). The fourth-order valence-corrected chi connectivity index (χ4v) is 5.19. The summed E-state index contributed by atoms with van der Waals surface area (Å²) < 4.78 is 10.9. The number of aromatic amines is 1. The number of hydrogen-bond acceptors (Lipinski definition) is 13. The summed E-state index contributed by atoms with van der Waals surface area (Å²) in [4.78, 5) is 42.5. The lowest BCUT2D eigenvalue weighted by Crippen LogP contribution is -2.48. The second kappa shape index (κ2) is 12.3. The zero-order valence-corrected chi connectivity index (χ0v) is 23.4. The highest BCUT2D eigenvalue weighted by Crippen LogP contribution is 2.39. The second-order valence-electron chi connectivity index (χ2n) is 10.5. The number of H-pyrrole nitrogens is 1. The van der Waals surface area contributed by atoms with E-state index in [1.54, 1.807) is 20.4 Å². The van der Waals surface area contributed by atoms with E-state index in [9.17, 15) is 4.79 Å². The molecule has 0 unspecified atom stereocenters. The first-order valence-electron chi connectivity index (χ1n) is 14.0. The monoisotopic (exact) mass is 564 g/mol. The van der Waals surface area contributed by atoms with Crippen LogP contribution in [0.15, 0.2) is 24.7 Å². The lowest BCUT2D eigenvalue weighted by Gasteiger charge is -2.35. The van der Waals surface area contributed by atoms with Crippen molar-refractivity contribution >= 4 is 35.4 Å². The smallest absolute Gasteiger partial charge is 0.248 e. The summed E-state index contributed by atoms with van der Waals surface area (Å²) in [5.41, 5.74) is 1.04. The Bertz CT molecular complexity index is 1310. The van der Waals surface area contributed by atoms with Crippen molar-refractivity contribution < 1.29 is 14.3 Å². The number of ether oxygens (including phenoxy) is 2. The minimum Gasteiger partial charge on any atom is -0.383 e. The van der Waals surface area contributed by atoms with E-state index in [0.29, 0.717) is 55.0 Å². The van der Waals surface area contributed by atoms with Gasteiger partial charge in [-0.2, -0.15) is 20.1 Å². The lowest BCUT2D eigenvalue weighted by atomic mass is 10.2. The van der Waals surface area contributed by atoms with E-state index < -0.39 is 6.04 Å². The standard InChI is InChI=1S/C26H36N12O3/c1-40-12-11-36-7-9-37(10-8-36)25-31-24(30-21-14-19(34-35-21)17-3-4-17)32-26(33-25)38-16-18(41-2)13-20(38)23(39)29-22-15-27-5-6-28-22/h5-6,14-15,17-18,20H,3-4,7-13,16H2,1-2H3,(H,28,29,39)(H2,30,31,32,33,34,35)/t18-,20-/m0/s1. The Morgan fingerprint density at radius 1 is 1.10 bits per heavy atom. The van der Waals surface area contributed by atoms with Gasteiger partial charge in [-0.3, -0.25) is 19.8 Å². The molecular weight excluding hydrogens is 528 g/mol. The average Bonchev–Trinajstić information content (AvgIpc) is 3.59. The Balaban J connectivity index is 1.27. The molecule has 41 heavy (non-hydrogen) atoms. The lowest BCUT2D eigenvalue weighted by molar-refractivity contribution is -0.117. The van der Waals surface area contributed by atoms with Gasteiger partial charge in [0.1, 0.15) is 11.9 Å². The molecule has 3 aliphatic rings. The third-order valence-electron chi connectivity index (χ3n) is 7.69. The Kier molecular flexibility index (Phi) is 8.16. The quantitative estimate of drug-likeness (QED) is 0.303. The van der Waals surface area contributed by atoms with E-state index in [4.69, 9.17) is 24.4 Å². The van der Waals surface area contributed by atoms with Crippen LogP contribution in [-0.4, -0.2) is 118 Å². The first-order chi connectivity index (χ1) is 20.1. The van der Waals surface area contributed by atoms with Crippen LogP contribution in [0.1, 0.15) is 30.9 Å². The van der Waals surface area contributed by atoms with Crippen molar-refractivity contribution in [1.29, 1.82) is 0 Å². The maximum absolute atomic E-state index is 13.4. The van der Waals surface area contributed by atoms with Gasteiger partial charge in [-0.05, 0) is 12.8 Å². The molecule has 15 heteroatoms. The Labute approximate surface area is 238 Å². The summed E-state index contributed by atoms with van der Waals surface area (Å²) in [7, 11) is 3.37. The van der Waals surface area contributed by atoms with Gasteiger partial charge in [0.2, 0.25) is 23.8 Å². The van der Waals surface area contributed by atoms with Crippen molar-refractivity contribution in [3.05, 3.63) is 30.4 Å². The van der Waals surface area contributed by atoms with Gasteiger partial charge < -0.3 is 29.9 Å². The van der Waals surface area contributed by atoms with Crippen LogP contribution in [0.25, 0.3) is 0 Å². The predicted molar refractivity (Wildman–Crippen MR) is 151 cm³/mol. The zero-order valence-electron chi connectivity index (χ0n) is 23.4. The van der Waals surface area contributed by atoms with Crippen molar-refractivity contribution in [2.45, 2.75) is 37.3 Å². The van der Waals surface area contributed by atoms with Gasteiger partial charge in [0.25, 0.3) is 0 Å². The number of carbonyl (C=O) groups is 1. The van der Waals surface area contributed by atoms with Crippen LogP contribution in [0.3, 0.4) is 0 Å². The number of piperazine rings is 1. The van der Waals surface area contributed by atoms with Crippen LogP contribution in [0, 0.1) is 0 Å². The highest BCUT2D eigenvalue weighted by Gasteiger charge is 2.39. The number of rotatable bonds is 11. The molecule has 2 atom stereocenters. The zero-order chi connectivity index (χ0) is 28.2. The van der Waals surface area contributed by atoms with E-state index in [1.807, 2.05) is 11.0 Å². The molecule has 218 valence electrons. The molecular formula is C26H36N12O3. The van der Waals surface area contributed by atoms with Gasteiger partial charge in [-0.1, -0.05) is 0 Å². The van der Waals surface area contributed by atoms with Crippen LogP contribution in [-0.2, 0) is 14.3 Å². The number of nitrogens with zero attached hydrogens (tertiary/aromatic N) is 9. The number of hydrogen-bond donors (Lipinski definition) is 3. The number of anilines is 5. The van der Waals surface area contributed by atoms with Gasteiger partial charge in [0.05, 0.1) is 24.6 Å². The maximum Gasteiger partial charge on any atom is 0.248 e. The molecule has 3 N–H and O–H groups in total. The summed E-state index contributed by atoms with van der Waals surface area (Å²) in [6, 6.07) is 1.44. The van der Waals surface area contributed by atoms with Gasteiger partial charge in [0.15, 0.2) is 5.82 Å². The molecule has 3 aromatic rings. The van der Waals surface area contributed by atoms with Crippen molar-refractivity contribution in [1.82, 2.24) is 40.0 Å². The second-order valence-corrected chi connectivity index (χ2v) is 10.5. The molecule has 2 aliphatic heterocycles. The third-order valence-corrected chi connectivity index (χ3v) is 7.69.